The number of nitrogens with zero attached hydrogens (tertiary/aromatic N) is 2. The molecule has 1 aromatic heterocycles. The molecule has 0 bridgehead atoms. The van der Waals surface area contributed by atoms with E-state index in [0.717, 1.165) is 24.8 Å². The Kier molecular flexibility index (Phi) is 6.45. The fourth-order valence-corrected chi connectivity index (χ4v) is 3.54. The Balaban J connectivity index is 2.05. The first-order valence-electron chi connectivity index (χ1n) is 9.26. The van der Waals surface area contributed by atoms with Crippen LogP contribution in [0, 0.1) is 0 Å². The Morgan fingerprint density at radius 2 is 1.84 bits per heavy atom. The van der Waals surface area contributed by atoms with Crippen LogP contribution in [-0.4, -0.2) is 27.6 Å². The lowest BCUT2D eigenvalue weighted by molar-refractivity contribution is -0.137. The highest BCUT2D eigenvalue weighted by Gasteiger charge is 2.37. The molecule has 1 heterocycles. The van der Waals surface area contributed by atoms with Crippen molar-refractivity contribution in [1.82, 2.24) is 4.98 Å². The molecule has 2 aromatic rings. The van der Waals surface area contributed by atoms with Crippen molar-refractivity contribution >= 4 is 34.9 Å². The number of aromatic carboxylic acids is 1. The molecule has 1 aromatic carbocycles. The van der Waals surface area contributed by atoms with Crippen molar-refractivity contribution in [2.45, 2.75) is 31.9 Å². The summed E-state index contributed by atoms with van der Waals surface area (Å²) in [4.78, 5) is 32.2. The molecule has 1 aliphatic carbocycles. The first-order valence-corrected chi connectivity index (χ1v) is 9.63. The zero-order valence-corrected chi connectivity index (χ0v) is 16.8. The normalized spacial score (nSPS) is 17.5. The lowest BCUT2D eigenvalue weighted by Gasteiger charge is -2.20. The summed E-state index contributed by atoms with van der Waals surface area (Å²) >= 11 is 5.93. The molecule has 0 atom stereocenters. The van der Waals surface area contributed by atoms with Gasteiger partial charge in [-0.2, -0.15) is 13.2 Å². The highest BCUT2D eigenvalue weighted by Crippen LogP contribution is 2.36. The van der Waals surface area contributed by atoms with E-state index in [4.69, 9.17) is 22.4 Å². The number of carbonyl (C=O) groups is 2. The number of ketones is 1. The number of carbonyl (C=O) groups excluding carboxylic acids is 1. The van der Waals surface area contributed by atoms with Gasteiger partial charge in [-0.25, -0.2) is 14.8 Å². The van der Waals surface area contributed by atoms with Crippen LogP contribution in [-0.2, 0) is 6.18 Å². The van der Waals surface area contributed by atoms with Crippen molar-refractivity contribution in [2.24, 2.45) is 10.7 Å². The molecule has 3 N–H and O–H groups in total. The summed E-state index contributed by atoms with van der Waals surface area (Å²) in [6.07, 6.45) is -1.41. The quantitative estimate of drug-likeness (QED) is 0.491. The number of rotatable bonds is 4. The van der Waals surface area contributed by atoms with E-state index in [9.17, 15) is 22.8 Å². The fraction of sp³-hybridized carbons (Fsp3) is 0.238. The van der Waals surface area contributed by atoms with Crippen LogP contribution >= 0.6 is 11.6 Å². The number of nitrogens with two attached hydrogens (primary N) is 1. The molecule has 1 aliphatic rings. The van der Waals surface area contributed by atoms with Crippen LogP contribution in [0.5, 0.6) is 0 Å². The Hall–Kier alpha value is -3.20. The number of hydrogen-bond acceptors (Lipinski definition) is 5. The first kappa shape index (κ1) is 22.5. The number of carboxylic acids is 1. The maximum Gasteiger partial charge on any atom is 0.417 e. The van der Waals surface area contributed by atoms with Gasteiger partial charge in [0.05, 0.1) is 27.4 Å². The SMILES string of the molecule is NC(C(=O)c1c(Cl)cccc1C(F)(F)F)=C1CCCCC1=Nc1ccc(C(=O)O)cn1. The molecule has 3 rings (SSSR count). The fourth-order valence-electron chi connectivity index (χ4n) is 3.28. The number of allylic oxidation sites excluding steroid dienone is 2. The molecular formula is C21H17ClF3N3O3. The second-order valence-electron chi connectivity index (χ2n) is 6.86. The van der Waals surface area contributed by atoms with E-state index in [1.54, 1.807) is 0 Å². The first-order chi connectivity index (χ1) is 14.6. The van der Waals surface area contributed by atoms with Crippen molar-refractivity contribution in [3.8, 4) is 0 Å². The Bertz CT molecular complexity index is 1090. The summed E-state index contributed by atoms with van der Waals surface area (Å²) in [5.41, 5.74) is 4.58. The van der Waals surface area contributed by atoms with Crippen molar-refractivity contribution in [1.29, 1.82) is 0 Å². The Labute approximate surface area is 180 Å². The molecule has 1 saturated carbocycles. The van der Waals surface area contributed by atoms with Gasteiger partial charge in [0.25, 0.3) is 0 Å². The van der Waals surface area contributed by atoms with Crippen molar-refractivity contribution in [3.63, 3.8) is 0 Å². The van der Waals surface area contributed by atoms with Gasteiger partial charge < -0.3 is 10.8 Å². The number of Topliss-reactive ketones (excluding diaryl/α,β-unsaturated/α-hetero) is 1. The van der Waals surface area contributed by atoms with Gasteiger partial charge >= 0.3 is 12.1 Å². The Morgan fingerprint density at radius 3 is 2.45 bits per heavy atom. The minimum atomic E-state index is -4.78. The van der Waals surface area contributed by atoms with Crippen LogP contribution in [0.4, 0.5) is 19.0 Å². The smallest absolute Gasteiger partial charge is 0.417 e. The maximum atomic E-state index is 13.4. The van der Waals surface area contributed by atoms with Crippen LogP contribution in [0.15, 0.2) is 52.8 Å². The number of halogens is 4. The number of pyridine rings is 1. The van der Waals surface area contributed by atoms with Crippen LogP contribution in [0.2, 0.25) is 5.02 Å². The molecule has 0 spiro atoms. The van der Waals surface area contributed by atoms with E-state index in [0.29, 0.717) is 30.5 Å². The van der Waals surface area contributed by atoms with Gasteiger partial charge in [0.2, 0.25) is 5.78 Å². The summed E-state index contributed by atoms with van der Waals surface area (Å²) < 4.78 is 40.2. The monoisotopic (exact) mass is 451 g/mol. The second kappa shape index (κ2) is 8.89. The second-order valence-corrected chi connectivity index (χ2v) is 7.26. The molecule has 0 unspecified atom stereocenters. The van der Waals surface area contributed by atoms with Crippen LogP contribution in [0.1, 0.15) is 52.0 Å². The van der Waals surface area contributed by atoms with Gasteiger partial charge in [0.1, 0.15) is 0 Å². The molecule has 1 fully saturated rings. The molecule has 0 saturated heterocycles. The molecule has 0 amide bonds. The number of aromatic nitrogens is 1. The van der Waals surface area contributed by atoms with Crippen molar-refractivity contribution < 1.29 is 27.9 Å². The highest BCUT2D eigenvalue weighted by atomic mass is 35.5. The van der Waals surface area contributed by atoms with Crippen LogP contribution in [0.3, 0.4) is 0 Å². The molecule has 6 nitrogen and oxygen atoms in total. The van der Waals surface area contributed by atoms with E-state index in [1.165, 1.54) is 18.2 Å². The van der Waals surface area contributed by atoms with E-state index in [-0.39, 0.29) is 22.1 Å². The standard InChI is InChI=1S/C21H17ClF3N3O3/c22-14-6-3-5-13(21(23,24)25)17(14)19(29)18(26)12-4-1-2-7-15(12)28-16-9-8-11(10-27-16)20(30)31/h3,5-6,8-10H,1-2,4,7,26H2,(H,30,31). The summed E-state index contributed by atoms with van der Waals surface area (Å²) in [7, 11) is 0. The molecule has 162 valence electrons. The molecule has 0 radical (unpaired) electrons. The van der Waals surface area contributed by atoms with Crippen molar-refractivity contribution in [2.75, 3.05) is 0 Å². The average Bonchev–Trinajstić information content (AvgIpc) is 2.72. The average molecular weight is 452 g/mol. The van der Waals surface area contributed by atoms with Gasteiger partial charge in [-0.15, -0.1) is 0 Å². The number of carboxylic acid groups (broad SMARTS) is 1. The van der Waals surface area contributed by atoms with Crippen LogP contribution < -0.4 is 5.73 Å². The molecule has 10 heteroatoms. The molecule has 31 heavy (non-hydrogen) atoms. The van der Waals surface area contributed by atoms with Gasteiger partial charge in [-0.05, 0) is 49.9 Å². The van der Waals surface area contributed by atoms with Crippen LogP contribution in [0.25, 0.3) is 0 Å². The molecule has 0 aliphatic heterocycles. The molecular weight excluding hydrogens is 435 g/mol. The third kappa shape index (κ3) is 4.93. The zero-order valence-electron chi connectivity index (χ0n) is 16.0. The summed E-state index contributed by atoms with van der Waals surface area (Å²) in [5, 5.41) is 8.61. The summed E-state index contributed by atoms with van der Waals surface area (Å²) in [6, 6.07) is 5.82. The lowest BCUT2D eigenvalue weighted by Crippen LogP contribution is -2.24. The van der Waals surface area contributed by atoms with E-state index >= 15 is 0 Å². The predicted molar refractivity (Wildman–Crippen MR) is 109 cm³/mol. The van der Waals surface area contributed by atoms with E-state index in [2.05, 4.69) is 9.98 Å². The zero-order chi connectivity index (χ0) is 22.8. The van der Waals surface area contributed by atoms with E-state index < -0.39 is 29.1 Å². The van der Waals surface area contributed by atoms with Gasteiger partial charge in [-0.3, -0.25) is 4.79 Å². The number of hydrogen-bond donors (Lipinski definition) is 2. The van der Waals surface area contributed by atoms with Gasteiger partial charge in [0, 0.05) is 17.5 Å². The topological polar surface area (TPSA) is 106 Å². The number of aliphatic imine (C=N–C) groups is 1. The van der Waals surface area contributed by atoms with Gasteiger partial charge in [-0.1, -0.05) is 17.7 Å². The number of benzene rings is 1. The number of alkyl halides is 3. The van der Waals surface area contributed by atoms with Crippen molar-refractivity contribution in [3.05, 3.63) is 69.5 Å². The maximum absolute atomic E-state index is 13.4. The summed E-state index contributed by atoms with van der Waals surface area (Å²) in [6.45, 7) is 0. The van der Waals surface area contributed by atoms with Gasteiger partial charge in [0.15, 0.2) is 5.82 Å². The minimum Gasteiger partial charge on any atom is -0.478 e. The summed E-state index contributed by atoms with van der Waals surface area (Å²) in [5.74, 6) is -1.95. The largest absolute Gasteiger partial charge is 0.478 e. The minimum absolute atomic E-state index is 0.0172. The highest BCUT2D eigenvalue weighted by molar-refractivity contribution is 6.35. The lowest BCUT2D eigenvalue weighted by atomic mass is 9.88. The predicted octanol–water partition coefficient (Wildman–Crippen LogP) is 5.19. The third-order valence-corrected chi connectivity index (χ3v) is 5.11. The van der Waals surface area contributed by atoms with E-state index in [1.807, 2.05) is 0 Å². The Morgan fingerprint density at radius 1 is 1.13 bits per heavy atom. The third-order valence-electron chi connectivity index (χ3n) is 4.80.